The molecule has 0 saturated heterocycles. The third-order valence-corrected chi connectivity index (χ3v) is 5.95. The molecule has 0 unspecified atom stereocenters. The molecule has 0 aliphatic rings. The molecule has 29 heavy (non-hydrogen) atoms. The maximum Gasteiger partial charge on any atom is 0.234 e. The second-order valence-electron chi connectivity index (χ2n) is 6.16. The second kappa shape index (κ2) is 8.49. The molecule has 4 aromatic rings. The molecule has 146 valence electrons. The molecule has 0 radical (unpaired) electrons. The van der Waals surface area contributed by atoms with Gasteiger partial charge in [0.25, 0.3) is 0 Å². The third-order valence-electron chi connectivity index (χ3n) is 4.05. The number of fused-ring (bicyclic) bond motifs is 1. The summed E-state index contributed by atoms with van der Waals surface area (Å²) in [6.45, 7) is 0. The van der Waals surface area contributed by atoms with E-state index in [1.807, 2.05) is 12.1 Å². The highest BCUT2D eigenvalue weighted by atomic mass is 79.9. The van der Waals surface area contributed by atoms with Gasteiger partial charge in [-0.3, -0.25) is 4.79 Å². The SMILES string of the molecule is O=C(CSc1ccc(Cl)cc1)Nc1ccc2oc(-c3ccc(O)c(Br)c3)nc2c1. The van der Waals surface area contributed by atoms with Gasteiger partial charge in [0.1, 0.15) is 11.3 Å². The number of benzene rings is 3. The lowest BCUT2D eigenvalue weighted by molar-refractivity contribution is -0.113. The molecule has 0 fully saturated rings. The summed E-state index contributed by atoms with van der Waals surface area (Å²) in [7, 11) is 0. The van der Waals surface area contributed by atoms with Crippen LogP contribution in [0.5, 0.6) is 5.75 Å². The second-order valence-corrected chi connectivity index (χ2v) is 8.50. The molecule has 8 heteroatoms. The lowest BCUT2D eigenvalue weighted by Crippen LogP contribution is -2.13. The lowest BCUT2D eigenvalue weighted by Gasteiger charge is -2.05. The third kappa shape index (κ3) is 4.75. The van der Waals surface area contributed by atoms with Gasteiger partial charge in [0.15, 0.2) is 5.58 Å². The number of phenolic OH excluding ortho intramolecular Hbond substituents is 1. The smallest absolute Gasteiger partial charge is 0.234 e. The number of amides is 1. The molecule has 4 rings (SSSR count). The quantitative estimate of drug-likeness (QED) is 0.320. The molecule has 0 spiro atoms. The minimum absolute atomic E-state index is 0.115. The predicted molar refractivity (Wildman–Crippen MR) is 120 cm³/mol. The fraction of sp³-hybridized carbons (Fsp3) is 0.0476. The van der Waals surface area contributed by atoms with Gasteiger partial charge in [-0.25, -0.2) is 4.98 Å². The van der Waals surface area contributed by atoms with Crippen molar-refractivity contribution in [3.05, 3.63) is 70.2 Å². The number of hydrogen-bond acceptors (Lipinski definition) is 5. The molecule has 0 aliphatic heterocycles. The number of thioether (sulfide) groups is 1. The Morgan fingerprint density at radius 3 is 2.69 bits per heavy atom. The van der Waals surface area contributed by atoms with Crippen LogP contribution in [0.15, 0.2) is 74.4 Å². The highest BCUT2D eigenvalue weighted by Gasteiger charge is 2.12. The first kappa shape index (κ1) is 19.8. The van der Waals surface area contributed by atoms with E-state index in [1.54, 1.807) is 48.5 Å². The number of rotatable bonds is 5. The van der Waals surface area contributed by atoms with Crippen LogP contribution in [0, 0.1) is 0 Å². The zero-order valence-electron chi connectivity index (χ0n) is 14.9. The molecule has 0 aliphatic carbocycles. The standard InChI is InChI=1S/C21H14BrClN2O3S/c22-16-9-12(1-7-18(16)26)21-25-17-10-14(4-8-19(17)28-21)24-20(27)11-29-15-5-2-13(23)3-6-15/h1-10,26H,11H2,(H,24,27). The molecule has 1 amide bonds. The number of hydrogen-bond donors (Lipinski definition) is 2. The van der Waals surface area contributed by atoms with Crippen LogP contribution in [0.1, 0.15) is 0 Å². The monoisotopic (exact) mass is 488 g/mol. The highest BCUT2D eigenvalue weighted by Crippen LogP contribution is 2.31. The lowest BCUT2D eigenvalue weighted by atomic mass is 10.2. The van der Waals surface area contributed by atoms with E-state index in [2.05, 4.69) is 26.2 Å². The van der Waals surface area contributed by atoms with Gasteiger partial charge in [0, 0.05) is 21.2 Å². The summed E-state index contributed by atoms with van der Waals surface area (Å²) in [6, 6.07) is 17.7. The summed E-state index contributed by atoms with van der Waals surface area (Å²) in [5.74, 6) is 0.745. The first-order chi connectivity index (χ1) is 14.0. The van der Waals surface area contributed by atoms with Crippen LogP contribution in [-0.4, -0.2) is 21.8 Å². The number of aromatic hydroxyl groups is 1. The van der Waals surface area contributed by atoms with Crippen LogP contribution in [0.2, 0.25) is 5.02 Å². The molecule has 1 heterocycles. The fourth-order valence-electron chi connectivity index (χ4n) is 2.65. The van der Waals surface area contributed by atoms with E-state index in [0.717, 1.165) is 10.5 Å². The van der Waals surface area contributed by atoms with Crippen molar-refractivity contribution in [1.82, 2.24) is 4.98 Å². The number of aromatic nitrogens is 1. The molecule has 0 bridgehead atoms. The van der Waals surface area contributed by atoms with Crippen molar-refractivity contribution >= 4 is 62.0 Å². The van der Waals surface area contributed by atoms with E-state index in [9.17, 15) is 9.90 Å². The summed E-state index contributed by atoms with van der Waals surface area (Å²) < 4.78 is 6.34. The minimum atomic E-state index is -0.115. The van der Waals surface area contributed by atoms with Crippen LogP contribution >= 0.6 is 39.3 Å². The summed E-state index contributed by atoms with van der Waals surface area (Å²) >= 11 is 10.6. The Morgan fingerprint density at radius 1 is 1.14 bits per heavy atom. The van der Waals surface area contributed by atoms with Crippen molar-refractivity contribution < 1.29 is 14.3 Å². The molecule has 3 aromatic carbocycles. The number of nitrogens with one attached hydrogen (secondary N) is 1. The summed E-state index contributed by atoms with van der Waals surface area (Å²) in [4.78, 5) is 17.7. The van der Waals surface area contributed by atoms with Crippen LogP contribution < -0.4 is 5.32 Å². The Labute approximate surface area is 184 Å². The van der Waals surface area contributed by atoms with E-state index in [1.165, 1.54) is 11.8 Å². The van der Waals surface area contributed by atoms with E-state index < -0.39 is 0 Å². The topological polar surface area (TPSA) is 75.4 Å². The Morgan fingerprint density at radius 2 is 1.93 bits per heavy atom. The normalized spacial score (nSPS) is 11.0. The van der Waals surface area contributed by atoms with Crippen LogP contribution in [0.3, 0.4) is 0 Å². The van der Waals surface area contributed by atoms with Crippen molar-refractivity contribution in [2.45, 2.75) is 4.90 Å². The number of anilines is 1. The van der Waals surface area contributed by atoms with Crippen LogP contribution in [0.4, 0.5) is 5.69 Å². The van der Waals surface area contributed by atoms with E-state index in [4.69, 9.17) is 16.0 Å². The summed E-state index contributed by atoms with van der Waals surface area (Å²) in [5, 5.41) is 13.2. The first-order valence-electron chi connectivity index (χ1n) is 8.55. The summed E-state index contributed by atoms with van der Waals surface area (Å²) in [6.07, 6.45) is 0. The average Bonchev–Trinajstić information content (AvgIpc) is 3.13. The van der Waals surface area contributed by atoms with Crippen LogP contribution in [-0.2, 0) is 4.79 Å². The number of carbonyl (C=O) groups is 1. The fourth-order valence-corrected chi connectivity index (χ4v) is 3.85. The molecule has 2 N–H and O–H groups in total. The Kier molecular flexibility index (Phi) is 5.80. The van der Waals surface area contributed by atoms with Gasteiger partial charge < -0.3 is 14.8 Å². The number of halogens is 2. The van der Waals surface area contributed by atoms with Crippen molar-refractivity contribution in [2.24, 2.45) is 0 Å². The Hall–Kier alpha value is -2.48. The molecule has 5 nitrogen and oxygen atoms in total. The predicted octanol–water partition coefficient (Wildman–Crippen LogP) is 6.35. The van der Waals surface area contributed by atoms with E-state index in [0.29, 0.717) is 32.2 Å². The largest absolute Gasteiger partial charge is 0.507 e. The van der Waals surface area contributed by atoms with E-state index >= 15 is 0 Å². The van der Waals surface area contributed by atoms with Gasteiger partial charge in [-0.2, -0.15) is 0 Å². The van der Waals surface area contributed by atoms with Gasteiger partial charge in [0.2, 0.25) is 11.8 Å². The molecule has 1 aromatic heterocycles. The number of phenols is 1. The van der Waals surface area contributed by atoms with Crippen molar-refractivity contribution in [3.8, 4) is 17.2 Å². The van der Waals surface area contributed by atoms with Crippen molar-refractivity contribution in [3.63, 3.8) is 0 Å². The molecule has 0 saturated carbocycles. The van der Waals surface area contributed by atoms with Gasteiger partial charge in [-0.1, -0.05) is 11.6 Å². The average molecular weight is 490 g/mol. The van der Waals surface area contributed by atoms with Gasteiger partial charge >= 0.3 is 0 Å². The Balaban J connectivity index is 1.46. The molecule has 0 atom stereocenters. The zero-order chi connectivity index (χ0) is 20.4. The summed E-state index contributed by atoms with van der Waals surface area (Å²) in [5.41, 5.74) is 2.62. The van der Waals surface area contributed by atoms with Gasteiger partial charge in [0.05, 0.1) is 10.2 Å². The van der Waals surface area contributed by atoms with Crippen molar-refractivity contribution in [2.75, 3.05) is 11.1 Å². The van der Waals surface area contributed by atoms with Gasteiger partial charge in [-0.05, 0) is 76.6 Å². The van der Waals surface area contributed by atoms with Crippen molar-refractivity contribution in [1.29, 1.82) is 0 Å². The minimum Gasteiger partial charge on any atom is -0.507 e. The Bertz CT molecular complexity index is 1190. The zero-order valence-corrected chi connectivity index (χ0v) is 18.0. The number of nitrogens with zero attached hydrogens (tertiary/aromatic N) is 1. The molecular formula is C21H14BrClN2O3S. The first-order valence-corrected chi connectivity index (χ1v) is 10.7. The highest BCUT2D eigenvalue weighted by molar-refractivity contribution is 9.10. The maximum atomic E-state index is 12.3. The number of oxazole rings is 1. The van der Waals surface area contributed by atoms with E-state index in [-0.39, 0.29) is 17.4 Å². The maximum absolute atomic E-state index is 12.3. The molecular weight excluding hydrogens is 476 g/mol. The number of carbonyl (C=O) groups excluding carboxylic acids is 1. The van der Waals surface area contributed by atoms with Gasteiger partial charge in [-0.15, -0.1) is 11.8 Å². The van der Waals surface area contributed by atoms with Crippen LogP contribution in [0.25, 0.3) is 22.6 Å².